The number of hydrogen-bond donors (Lipinski definition) is 1. The fourth-order valence-corrected chi connectivity index (χ4v) is 3.00. The molecule has 4 heteroatoms. The van der Waals surface area contributed by atoms with Gasteiger partial charge in [0.15, 0.2) is 0 Å². The van der Waals surface area contributed by atoms with E-state index in [1.54, 1.807) is 0 Å². The molecular formula is C15H28N4. The number of likely N-dealkylation sites (N-methyl/N-ethyl adjacent to an activating group) is 1. The van der Waals surface area contributed by atoms with Crippen LogP contribution >= 0.6 is 0 Å². The molecule has 108 valence electrons. The van der Waals surface area contributed by atoms with Crippen LogP contribution in [-0.2, 0) is 0 Å². The molecule has 2 rings (SSSR count). The van der Waals surface area contributed by atoms with Crippen LogP contribution in [0.5, 0.6) is 0 Å². The molecule has 1 aromatic heterocycles. The van der Waals surface area contributed by atoms with Crippen LogP contribution in [0.4, 0.5) is 5.95 Å². The van der Waals surface area contributed by atoms with Gasteiger partial charge in [0, 0.05) is 24.8 Å². The van der Waals surface area contributed by atoms with Crippen molar-refractivity contribution in [3.05, 3.63) is 11.9 Å². The minimum atomic E-state index is 0.447. The Morgan fingerprint density at radius 2 is 2.05 bits per heavy atom. The summed E-state index contributed by atoms with van der Waals surface area (Å²) in [4.78, 5) is 6.89. The number of aromatic nitrogens is 2. The maximum atomic E-state index is 4.67. The van der Waals surface area contributed by atoms with Crippen LogP contribution in [0.15, 0.2) is 6.20 Å². The lowest BCUT2D eigenvalue weighted by molar-refractivity contribution is 0.337. The summed E-state index contributed by atoms with van der Waals surface area (Å²) in [7, 11) is 4.24. The van der Waals surface area contributed by atoms with Crippen molar-refractivity contribution in [3.63, 3.8) is 0 Å². The number of nitrogens with one attached hydrogen (secondary N) is 1. The van der Waals surface area contributed by atoms with Crippen molar-refractivity contribution in [1.82, 2.24) is 14.5 Å². The summed E-state index contributed by atoms with van der Waals surface area (Å²) in [5, 5.41) is 3.66. The van der Waals surface area contributed by atoms with Gasteiger partial charge in [-0.1, -0.05) is 19.3 Å². The van der Waals surface area contributed by atoms with Crippen LogP contribution in [0.2, 0.25) is 0 Å². The third-order valence-corrected chi connectivity index (χ3v) is 3.90. The van der Waals surface area contributed by atoms with E-state index in [4.69, 9.17) is 0 Å². The first kappa shape index (κ1) is 14.4. The van der Waals surface area contributed by atoms with Gasteiger partial charge in [-0.2, -0.15) is 0 Å². The predicted molar refractivity (Wildman–Crippen MR) is 80.7 cm³/mol. The van der Waals surface area contributed by atoms with Gasteiger partial charge in [-0.3, -0.25) is 0 Å². The molecule has 0 spiro atoms. The molecule has 0 amide bonds. The van der Waals surface area contributed by atoms with E-state index in [0.29, 0.717) is 12.1 Å². The minimum absolute atomic E-state index is 0.447. The van der Waals surface area contributed by atoms with E-state index in [1.807, 2.05) is 0 Å². The Kier molecular flexibility index (Phi) is 4.86. The maximum absolute atomic E-state index is 4.67. The van der Waals surface area contributed by atoms with Gasteiger partial charge in [0.05, 0.1) is 5.69 Å². The second-order valence-electron chi connectivity index (χ2n) is 6.20. The summed E-state index contributed by atoms with van der Waals surface area (Å²) in [5.74, 6) is 1.05. The first-order chi connectivity index (χ1) is 9.06. The fraction of sp³-hybridized carbons (Fsp3) is 0.800. The highest BCUT2D eigenvalue weighted by molar-refractivity contribution is 5.31. The molecule has 0 aromatic carbocycles. The van der Waals surface area contributed by atoms with Gasteiger partial charge in [-0.05, 0) is 40.8 Å². The van der Waals surface area contributed by atoms with Crippen LogP contribution < -0.4 is 5.32 Å². The van der Waals surface area contributed by atoms with Crippen molar-refractivity contribution >= 4 is 5.95 Å². The number of hydrogen-bond acceptors (Lipinski definition) is 3. The van der Waals surface area contributed by atoms with Crippen molar-refractivity contribution in [2.24, 2.45) is 0 Å². The zero-order valence-electron chi connectivity index (χ0n) is 12.8. The molecular weight excluding hydrogens is 236 g/mol. The van der Waals surface area contributed by atoms with Gasteiger partial charge < -0.3 is 14.8 Å². The van der Waals surface area contributed by atoms with E-state index < -0.39 is 0 Å². The molecule has 4 nitrogen and oxygen atoms in total. The first-order valence-corrected chi connectivity index (χ1v) is 7.53. The average molecular weight is 264 g/mol. The van der Waals surface area contributed by atoms with Crippen LogP contribution in [0.3, 0.4) is 0 Å². The summed E-state index contributed by atoms with van der Waals surface area (Å²) >= 11 is 0. The zero-order valence-corrected chi connectivity index (χ0v) is 12.8. The van der Waals surface area contributed by atoms with E-state index in [0.717, 1.165) is 18.2 Å². The second-order valence-corrected chi connectivity index (χ2v) is 6.20. The van der Waals surface area contributed by atoms with Crippen molar-refractivity contribution in [1.29, 1.82) is 0 Å². The molecule has 0 radical (unpaired) electrons. The molecule has 1 aliphatic carbocycles. The van der Waals surface area contributed by atoms with Crippen LogP contribution in [0, 0.1) is 6.92 Å². The molecule has 1 unspecified atom stereocenters. The molecule has 1 aliphatic rings. The smallest absolute Gasteiger partial charge is 0.203 e. The topological polar surface area (TPSA) is 33.1 Å². The van der Waals surface area contributed by atoms with Crippen molar-refractivity contribution in [2.45, 2.75) is 58.0 Å². The lowest BCUT2D eigenvalue weighted by atomic mass is 9.96. The maximum Gasteiger partial charge on any atom is 0.203 e. The largest absolute Gasteiger partial charge is 0.353 e. The van der Waals surface area contributed by atoms with E-state index >= 15 is 0 Å². The molecule has 0 aliphatic heterocycles. The standard InChI is InChI=1S/C15H28N4/c1-12-10-19(13(2)11-18(3)4)15(16-12)17-14-8-6-5-7-9-14/h10,13-14H,5-9,11H2,1-4H3,(H,16,17). The Morgan fingerprint density at radius 1 is 1.37 bits per heavy atom. The minimum Gasteiger partial charge on any atom is -0.353 e. The monoisotopic (exact) mass is 264 g/mol. The summed E-state index contributed by atoms with van der Waals surface area (Å²) in [6.07, 6.45) is 8.83. The summed E-state index contributed by atoms with van der Waals surface area (Å²) in [6.45, 7) is 5.37. The Bertz CT molecular complexity index is 391. The summed E-state index contributed by atoms with van der Waals surface area (Å²) < 4.78 is 2.30. The van der Waals surface area contributed by atoms with Crippen molar-refractivity contribution in [3.8, 4) is 0 Å². The number of nitrogens with zero attached hydrogens (tertiary/aromatic N) is 3. The lowest BCUT2D eigenvalue weighted by Crippen LogP contribution is -2.27. The SMILES string of the molecule is Cc1cn(C(C)CN(C)C)c(NC2CCCCC2)n1. The van der Waals surface area contributed by atoms with E-state index in [2.05, 4.69) is 53.9 Å². The highest BCUT2D eigenvalue weighted by Crippen LogP contribution is 2.23. The Morgan fingerprint density at radius 3 is 2.68 bits per heavy atom. The van der Waals surface area contributed by atoms with Crippen molar-refractivity contribution < 1.29 is 0 Å². The third-order valence-electron chi connectivity index (χ3n) is 3.90. The van der Waals surface area contributed by atoms with Crippen LogP contribution in [0.25, 0.3) is 0 Å². The number of aryl methyl sites for hydroxylation is 1. The molecule has 1 aromatic rings. The molecule has 1 heterocycles. The molecule has 0 bridgehead atoms. The van der Waals surface area contributed by atoms with Crippen LogP contribution in [-0.4, -0.2) is 41.1 Å². The molecule has 1 fully saturated rings. The highest BCUT2D eigenvalue weighted by Gasteiger charge is 2.18. The molecule has 1 N–H and O–H groups in total. The second kappa shape index (κ2) is 6.42. The number of rotatable bonds is 5. The average Bonchev–Trinajstić information content (AvgIpc) is 2.71. The van der Waals surface area contributed by atoms with Gasteiger partial charge in [0.25, 0.3) is 0 Å². The summed E-state index contributed by atoms with van der Waals surface area (Å²) in [6, 6.07) is 1.06. The predicted octanol–water partition coefficient (Wildman–Crippen LogP) is 3.06. The van der Waals surface area contributed by atoms with E-state index in [9.17, 15) is 0 Å². The van der Waals surface area contributed by atoms with Gasteiger partial charge in [-0.25, -0.2) is 4.98 Å². The van der Waals surface area contributed by atoms with Crippen molar-refractivity contribution in [2.75, 3.05) is 26.0 Å². The normalized spacial score (nSPS) is 18.8. The van der Waals surface area contributed by atoms with Gasteiger partial charge >= 0.3 is 0 Å². The van der Waals surface area contributed by atoms with Crippen LogP contribution in [0.1, 0.15) is 50.8 Å². The molecule has 1 saturated carbocycles. The number of imidazole rings is 1. The third kappa shape index (κ3) is 3.96. The van der Waals surface area contributed by atoms with E-state index in [-0.39, 0.29) is 0 Å². The molecule has 1 atom stereocenters. The Hall–Kier alpha value is -1.03. The Balaban J connectivity index is 2.06. The summed E-state index contributed by atoms with van der Waals surface area (Å²) in [5.41, 5.74) is 1.10. The quantitative estimate of drug-likeness (QED) is 0.887. The fourth-order valence-electron chi connectivity index (χ4n) is 3.00. The zero-order chi connectivity index (χ0) is 13.8. The first-order valence-electron chi connectivity index (χ1n) is 7.53. The molecule has 19 heavy (non-hydrogen) atoms. The Labute approximate surface area is 117 Å². The van der Waals surface area contributed by atoms with Gasteiger partial charge in [0.1, 0.15) is 0 Å². The molecule has 0 saturated heterocycles. The number of anilines is 1. The van der Waals surface area contributed by atoms with Gasteiger partial charge in [-0.15, -0.1) is 0 Å². The van der Waals surface area contributed by atoms with E-state index in [1.165, 1.54) is 32.1 Å². The lowest BCUT2D eigenvalue weighted by Gasteiger charge is -2.26. The highest BCUT2D eigenvalue weighted by atomic mass is 15.2. The van der Waals surface area contributed by atoms with Gasteiger partial charge in [0.2, 0.25) is 5.95 Å².